The van der Waals surface area contributed by atoms with Crippen LogP contribution in [0.5, 0.6) is 0 Å². The molecule has 98 valence electrons. The molecule has 3 heteroatoms. The molecule has 18 heavy (non-hydrogen) atoms. The van der Waals surface area contributed by atoms with Gasteiger partial charge in [0.05, 0.1) is 10.7 Å². The molecular weight excluding hydrogens is 265 g/mol. The van der Waals surface area contributed by atoms with Gasteiger partial charge in [0.25, 0.3) is 0 Å². The number of benzene rings is 1. The molecule has 2 fully saturated rings. The highest BCUT2D eigenvalue weighted by Crippen LogP contribution is 2.39. The van der Waals surface area contributed by atoms with Crippen molar-refractivity contribution < 1.29 is 0 Å². The summed E-state index contributed by atoms with van der Waals surface area (Å²) in [5, 5.41) is 0.856. The molecule has 2 saturated carbocycles. The topological polar surface area (TPSA) is 3.24 Å². The lowest BCUT2D eigenvalue weighted by Crippen LogP contribution is -2.29. The Morgan fingerprint density at radius 1 is 1.06 bits per heavy atom. The summed E-state index contributed by atoms with van der Waals surface area (Å²) < 4.78 is 0. The van der Waals surface area contributed by atoms with Crippen molar-refractivity contribution >= 4 is 28.9 Å². The summed E-state index contributed by atoms with van der Waals surface area (Å²) >= 11 is 12.5. The quantitative estimate of drug-likeness (QED) is 0.684. The molecule has 1 aromatic carbocycles. The van der Waals surface area contributed by atoms with E-state index >= 15 is 0 Å². The van der Waals surface area contributed by atoms with Crippen molar-refractivity contribution in [1.82, 2.24) is 0 Å². The predicted octanol–water partition coefficient (Wildman–Crippen LogP) is 4.71. The van der Waals surface area contributed by atoms with Gasteiger partial charge >= 0.3 is 0 Å². The van der Waals surface area contributed by atoms with E-state index < -0.39 is 0 Å². The lowest BCUT2D eigenvalue weighted by molar-refractivity contribution is 0.678. The summed E-state index contributed by atoms with van der Waals surface area (Å²) in [5.41, 5.74) is 2.36. The van der Waals surface area contributed by atoms with E-state index in [1.54, 1.807) is 0 Å². The summed E-state index contributed by atoms with van der Waals surface area (Å²) in [6.07, 6.45) is 5.51. The van der Waals surface area contributed by atoms with Gasteiger partial charge in [0, 0.05) is 19.0 Å². The maximum absolute atomic E-state index is 6.41. The fraction of sp³-hybridized carbons (Fsp3) is 0.600. The molecule has 0 atom stereocenters. The van der Waals surface area contributed by atoms with Crippen LogP contribution in [-0.4, -0.2) is 13.1 Å². The molecule has 0 aromatic heterocycles. The summed E-state index contributed by atoms with van der Waals surface area (Å²) in [6, 6.07) is 6.08. The van der Waals surface area contributed by atoms with Crippen LogP contribution in [0.3, 0.4) is 0 Å². The van der Waals surface area contributed by atoms with E-state index in [-0.39, 0.29) is 0 Å². The Bertz CT molecular complexity index is 411. The van der Waals surface area contributed by atoms with E-state index in [0.717, 1.165) is 29.9 Å². The molecular formula is C15H19Cl2N. The lowest BCUT2D eigenvalue weighted by Gasteiger charge is -2.28. The fourth-order valence-electron chi connectivity index (χ4n) is 2.50. The second-order valence-electron chi connectivity index (χ2n) is 5.67. The van der Waals surface area contributed by atoms with E-state index in [1.165, 1.54) is 36.9 Å². The molecule has 0 radical (unpaired) electrons. The molecule has 0 unspecified atom stereocenters. The Morgan fingerprint density at radius 2 is 1.67 bits per heavy atom. The Labute approximate surface area is 119 Å². The van der Waals surface area contributed by atoms with Gasteiger partial charge in [-0.1, -0.05) is 23.7 Å². The van der Waals surface area contributed by atoms with Gasteiger partial charge in [-0.05, 0) is 49.1 Å². The maximum Gasteiger partial charge on any atom is 0.0642 e. The van der Waals surface area contributed by atoms with Gasteiger partial charge in [0.1, 0.15) is 0 Å². The number of nitrogens with zero attached hydrogens (tertiary/aromatic N) is 1. The highest BCUT2D eigenvalue weighted by molar-refractivity contribution is 6.33. The first-order chi connectivity index (χ1) is 8.78. The number of halogens is 2. The highest BCUT2D eigenvalue weighted by atomic mass is 35.5. The van der Waals surface area contributed by atoms with Gasteiger partial charge in [-0.15, -0.1) is 11.6 Å². The third kappa shape index (κ3) is 2.95. The molecule has 0 aliphatic heterocycles. The van der Waals surface area contributed by atoms with E-state index in [9.17, 15) is 0 Å². The monoisotopic (exact) mass is 283 g/mol. The van der Waals surface area contributed by atoms with Crippen molar-refractivity contribution in [1.29, 1.82) is 0 Å². The molecule has 1 aromatic rings. The van der Waals surface area contributed by atoms with Crippen LogP contribution < -0.4 is 4.90 Å². The zero-order chi connectivity index (χ0) is 12.5. The molecule has 0 heterocycles. The average molecular weight is 284 g/mol. The van der Waals surface area contributed by atoms with Gasteiger partial charge in [0.2, 0.25) is 0 Å². The van der Waals surface area contributed by atoms with Crippen molar-refractivity contribution in [2.24, 2.45) is 11.8 Å². The van der Waals surface area contributed by atoms with E-state index in [2.05, 4.69) is 11.0 Å². The number of para-hydroxylation sites is 1. The van der Waals surface area contributed by atoms with Gasteiger partial charge in [0.15, 0.2) is 0 Å². The molecule has 0 bridgehead atoms. The number of hydrogen-bond donors (Lipinski definition) is 0. The number of anilines is 1. The fourth-order valence-corrected chi connectivity index (χ4v) is 3.03. The molecule has 0 saturated heterocycles. The van der Waals surface area contributed by atoms with Gasteiger partial charge in [-0.3, -0.25) is 0 Å². The second-order valence-corrected chi connectivity index (χ2v) is 6.35. The zero-order valence-corrected chi connectivity index (χ0v) is 12.1. The largest absolute Gasteiger partial charge is 0.370 e. The van der Waals surface area contributed by atoms with E-state index in [0.29, 0.717) is 5.88 Å². The third-order valence-electron chi connectivity index (χ3n) is 3.88. The molecule has 3 rings (SSSR count). The van der Waals surface area contributed by atoms with Gasteiger partial charge in [-0.25, -0.2) is 0 Å². The first kappa shape index (κ1) is 12.6. The Balaban J connectivity index is 1.86. The van der Waals surface area contributed by atoms with Crippen LogP contribution in [0.2, 0.25) is 5.02 Å². The highest BCUT2D eigenvalue weighted by Gasteiger charge is 2.30. The minimum absolute atomic E-state index is 0.543. The first-order valence-corrected chi connectivity index (χ1v) is 7.77. The van der Waals surface area contributed by atoms with Crippen LogP contribution >= 0.6 is 23.2 Å². The normalized spacial score (nSPS) is 19.0. The molecule has 2 aliphatic carbocycles. The van der Waals surface area contributed by atoms with Crippen molar-refractivity contribution in [2.45, 2.75) is 31.6 Å². The minimum atomic E-state index is 0.543. The third-order valence-corrected chi connectivity index (χ3v) is 4.47. The Morgan fingerprint density at radius 3 is 2.17 bits per heavy atom. The SMILES string of the molecule is ClCc1cccc(Cl)c1N(CC1CC1)CC1CC1. The van der Waals surface area contributed by atoms with Crippen LogP contribution in [0, 0.1) is 11.8 Å². The smallest absolute Gasteiger partial charge is 0.0642 e. The van der Waals surface area contributed by atoms with Crippen molar-refractivity contribution in [2.75, 3.05) is 18.0 Å². The standard InChI is InChI=1S/C15H19Cl2N/c16-8-13-2-1-3-14(17)15(13)18(9-11-4-5-11)10-12-6-7-12/h1-3,11-12H,4-10H2. The van der Waals surface area contributed by atoms with Crippen LogP contribution in [0.4, 0.5) is 5.69 Å². The lowest BCUT2D eigenvalue weighted by atomic mass is 10.1. The average Bonchev–Trinajstić information content (AvgIpc) is 3.23. The van der Waals surface area contributed by atoms with Crippen molar-refractivity contribution in [3.63, 3.8) is 0 Å². The molecule has 1 nitrogen and oxygen atoms in total. The minimum Gasteiger partial charge on any atom is -0.370 e. The summed E-state index contributed by atoms with van der Waals surface area (Å²) in [6.45, 7) is 2.31. The number of hydrogen-bond acceptors (Lipinski definition) is 1. The summed E-state index contributed by atoms with van der Waals surface area (Å²) in [5.74, 6) is 2.30. The number of alkyl halides is 1. The van der Waals surface area contributed by atoms with Crippen LogP contribution in [0.1, 0.15) is 31.2 Å². The maximum atomic E-state index is 6.41. The summed E-state index contributed by atoms with van der Waals surface area (Å²) in [4.78, 5) is 2.50. The van der Waals surface area contributed by atoms with Crippen LogP contribution in [0.15, 0.2) is 18.2 Å². The number of rotatable bonds is 6. The Kier molecular flexibility index (Phi) is 3.72. The predicted molar refractivity (Wildman–Crippen MR) is 78.7 cm³/mol. The van der Waals surface area contributed by atoms with Crippen LogP contribution in [0.25, 0.3) is 0 Å². The molecule has 0 spiro atoms. The van der Waals surface area contributed by atoms with Crippen molar-refractivity contribution in [3.05, 3.63) is 28.8 Å². The second kappa shape index (κ2) is 5.30. The van der Waals surface area contributed by atoms with Crippen LogP contribution in [-0.2, 0) is 5.88 Å². The van der Waals surface area contributed by atoms with E-state index in [1.807, 2.05) is 12.1 Å². The molecule has 0 amide bonds. The Hall–Kier alpha value is -0.400. The zero-order valence-electron chi connectivity index (χ0n) is 10.5. The van der Waals surface area contributed by atoms with Gasteiger partial charge in [-0.2, -0.15) is 0 Å². The van der Waals surface area contributed by atoms with E-state index in [4.69, 9.17) is 23.2 Å². The van der Waals surface area contributed by atoms with Gasteiger partial charge < -0.3 is 4.90 Å². The molecule has 0 N–H and O–H groups in total. The summed E-state index contributed by atoms with van der Waals surface area (Å²) in [7, 11) is 0. The first-order valence-electron chi connectivity index (χ1n) is 6.86. The molecule has 2 aliphatic rings. The van der Waals surface area contributed by atoms with Crippen molar-refractivity contribution in [3.8, 4) is 0 Å².